The zero-order valence-corrected chi connectivity index (χ0v) is 11.1. The number of hydrogen-bond donors (Lipinski definition) is 1. The van der Waals surface area contributed by atoms with Gasteiger partial charge in [0.15, 0.2) is 12.4 Å². The minimum Gasteiger partial charge on any atom is -0.477 e. The third-order valence-electron chi connectivity index (χ3n) is 2.52. The van der Waals surface area contributed by atoms with Crippen LogP contribution in [0, 0.1) is 17.0 Å². The first kappa shape index (κ1) is 14.9. The molecule has 1 aromatic carbocycles. The van der Waals surface area contributed by atoms with Gasteiger partial charge in [0.2, 0.25) is 0 Å². The smallest absolute Gasteiger partial charge is 0.311 e. The molecular formula is C13H18N2O4. The van der Waals surface area contributed by atoms with Crippen LogP contribution in [0.5, 0.6) is 5.75 Å². The van der Waals surface area contributed by atoms with E-state index in [0.29, 0.717) is 6.54 Å². The van der Waals surface area contributed by atoms with Crippen LogP contribution in [0.4, 0.5) is 5.69 Å². The molecule has 0 spiro atoms. The van der Waals surface area contributed by atoms with Crippen LogP contribution in [0.1, 0.15) is 25.3 Å². The molecule has 0 radical (unpaired) electrons. The highest BCUT2D eigenvalue weighted by atomic mass is 16.6. The molecule has 0 aliphatic rings. The number of hydrogen-bond acceptors (Lipinski definition) is 4. The Hall–Kier alpha value is -2.11. The maximum atomic E-state index is 11.4. The molecule has 104 valence electrons. The maximum absolute atomic E-state index is 11.4. The first-order chi connectivity index (χ1) is 9.04. The number of amides is 1. The lowest BCUT2D eigenvalue weighted by molar-refractivity contribution is -0.385. The molecule has 0 aliphatic heterocycles. The van der Waals surface area contributed by atoms with Crippen LogP contribution in [0.3, 0.4) is 0 Å². The SMILES string of the molecule is CCCCNC(=O)COc1ccc(C)cc1[N+](=O)[O-]. The summed E-state index contributed by atoms with van der Waals surface area (Å²) in [5.74, 6) is -0.162. The zero-order chi connectivity index (χ0) is 14.3. The van der Waals surface area contributed by atoms with Crippen LogP contribution >= 0.6 is 0 Å². The van der Waals surface area contributed by atoms with E-state index in [1.54, 1.807) is 13.0 Å². The number of carbonyl (C=O) groups excluding carboxylic acids is 1. The van der Waals surface area contributed by atoms with Crippen molar-refractivity contribution in [1.82, 2.24) is 5.32 Å². The second kappa shape index (κ2) is 7.35. The summed E-state index contributed by atoms with van der Waals surface area (Å²) in [6.07, 6.45) is 1.89. The molecule has 0 fully saturated rings. The molecule has 0 aliphatic carbocycles. The third-order valence-corrected chi connectivity index (χ3v) is 2.52. The van der Waals surface area contributed by atoms with Crippen molar-refractivity contribution in [2.45, 2.75) is 26.7 Å². The normalized spacial score (nSPS) is 10.0. The highest BCUT2D eigenvalue weighted by Crippen LogP contribution is 2.27. The van der Waals surface area contributed by atoms with Gasteiger partial charge in [-0.05, 0) is 25.0 Å². The van der Waals surface area contributed by atoms with Crippen molar-refractivity contribution in [3.63, 3.8) is 0 Å². The summed E-state index contributed by atoms with van der Waals surface area (Å²) in [7, 11) is 0. The van der Waals surface area contributed by atoms with E-state index >= 15 is 0 Å². The summed E-state index contributed by atoms with van der Waals surface area (Å²) in [5, 5.41) is 13.5. The predicted molar refractivity (Wildman–Crippen MR) is 71.2 cm³/mol. The molecular weight excluding hydrogens is 248 g/mol. The van der Waals surface area contributed by atoms with Gasteiger partial charge in [-0.15, -0.1) is 0 Å². The summed E-state index contributed by atoms with van der Waals surface area (Å²) in [6, 6.07) is 4.63. The number of rotatable bonds is 7. The van der Waals surface area contributed by atoms with Gasteiger partial charge in [0.05, 0.1) is 4.92 Å². The quantitative estimate of drug-likeness (QED) is 0.466. The third kappa shape index (κ3) is 4.95. The molecule has 0 atom stereocenters. The number of nitrogens with zero attached hydrogens (tertiary/aromatic N) is 1. The molecule has 1 amide bonds. The Kier molecular flexibility index (Phi) is 5.78. The average molecular weight is 266 g/mol. The van der Waals surface area contributed by atoms with Crippen LogP contribution in [-0.4, -0.2) is 24.0 Å². The molecule has 1 N–H and O–H groups in total. The Labute approximate surface area is 111 Å². The van der Waals surface area contributed by atoms with Crippen LogP contribution < -0.4 is 10.1 Å². The van der Waals surface area contributed by atoms with E-state index in [2.05, 4.69) is 5.32 Å². The van der Waals surface area contributed by atoms with E-state index in [9.17, 15) is 14.9 Å². The summed E-state index contributed by atoms with van der Waals surface area (Å²) in [6.45, 7) is 4.16. The Morgan fingerprint density at radius 3 is 2.84 bits per heavy atom. The average Bonchev–Trinajstić information content (AvgIpc) is 2.37. The first-order valence-corrected chi connectivity index (χ1v) is 6.19. The fraction of sp³-hybridized carbons (Fsp3) is 0.462. The Morgan fingerprint density at radius 1 is 1.47 bits per heavy atom. The standard InChI is InChI=1S/C13H18N2O4/c1-3-4-7-14-13(16)9-19-12-6-5-10(2)8-11(12)15(17)18/h5-6,8H,3-4,7,9H2,1-2H3,(H,14,16). The zero-order valence-electron chi connectivity index (χ0n) is 11.1. The summed E-state index contributed by atoms with van der Waals surface area (Å²) in [5.41, 5.74) is 0.646. The molecule has 0 unspecified atom stereocenters. The molecule has 1 rings (SSSR count). The molecule has 1 aromatic rings. The molecule has 19 heavy (non-hydrogen) atoms. The van der Waals surface area contributed by atoms with Crippen molar-refractivity contribution < 1.29 is 14.5 Å². The van der Waals surface area contributed by atoms with Crippen molar-refractivity contribution in [2.75, 3.05) is 13.2 Å². The van der Waals surface area contributed by atoms with Crippen molar-refractivity contribution >= 4 is 11.6 Å². The number of ether oxygens (including phenoxy) is 1. The Morgan fingerprint density at radius 2 is 2.21 bits per heavy atom. The van der Waals surface area contributed by atoms with Crippen LogP contribution in [-0.2, 0) is 4.79 Å². The van der Waals surface area contributed by atoms with Gasteiger partial charge in [-0.3, -0.25) is 14.9 Å². The van der Waals surface area contributed by atoms with Crippen molar-refractivity contribution in [2.24, 2.45) is 0 Å². The van der Waals surface area contributed by atoms with Gasteiger partial charge in [-0.25, -0.2) is 0 Å². The number of nitrogens with one attached hydrogen (secondary N) is 1. The lowest BCUT2D eigenvalue weighted by Crippen LogP contribution is -2.29. The molecule has 6 heteroatoms. The van der Waals surface area contributed by atoms with Crippen molar-refractivity contribution in [3.05, 3.63) is 33.9 Å². The van der Waals surface area contributed by atoms with Gasteiger partial charge in [-0.2, -0.15) is 0 Å². The second-order valence-corrected chi connectivity index (χ2v) is 4.22. The molecule has 0 saturated heterocycles. The van der Waals surface area contributed by atoms with E-state index in [1.807, 2.05) is 6.92 Å². The van der Waals surface area contributed by atoms with Gasteiger partial charge in [0.25, 0.3) is 5.91 Å². The van der Waals surface area contributed by atoms with Gasteiger partial charge < -0.3 is 10.1 Å². The van der Waals surface area contributed by atoms with Crippen LogP contribution in [0.25, 0.3) is 0 Å². The first-order valence-electron chi connectivity index (χ1n) is 6.19. The lowest BCUT2D eigenvalue weighted by Gasteiger charge is -2.07. The minimum atomic E-state index is -0.517. The maximum Gasteiger partial charge on any atom is 0.311 e. The van der Waals surface area contributed by atoms with Gasteiger partial charge >= 0.3 is 5.69 Å². The van der Waals surface area contributed by atoms with Crippen molar-refractivity contribution in [3.8, 4) is 5.75 Å². The molecule has 0 bridgehead atoms. The second-order valence-electron chi connectivity index (χ2n) is 4.22. The van der Waals surface area contributed by atoms with E-state index in [-0.39, 0.29) is 24.0 Å². The van der Waals surface area contributed by atoms with Gasteiger partial charge in [-0.1, -0.05) is 19.4 Å². The highest BCUT2D eigenvalue weighted by molar-refractivity contribution is 5.77. The number of unbranched alkanes of at least 4 members (excludes halogenated alkanes) is 1. The van der Waals surface area contributed by atoms with E-state index in [4.69, 9.17) is 4.74 Å². The highest BCUT2D eigenvalue weighted by Gasteiger charge is 2.15. The van der Waals surface area contributed by atoms with E-state index in [0.717, 1.165) is 18.4 Å². The Balaban J connectivity index is 2.57. The fourth-order valence-electron chi connectivity index (χ4n) is 1.49. The number of aryl methyl sites for hydroxylation is 1. The summed E-state index contributed by atoms with van der Waals surface area (Å²) in [4.78, 5) is 21.8. The monoisotopic (exact) mass is 266 g/mol. The van der Waals surface area contributed by atoms with Crippen molar-refractivity contribution in [1.29, 1.82) is 0 Å². The van der Waals surface area contributed by atoms with Crippen LogP contribution in [0.2, 0.25) is 0 Å². The van der Waals surface area contributed by atoms with E-state index in [1.165, 1.54) is 12.1 Å². The molecule has 0 heterocycles. The lowest BCUT2D eigenvalue weighted by atomic mass is 10.2. The predicted octanol–water partition coefficient (Wildman–Crippen LogP) is 2.20. The van der Waals surface area contributed by atoms with E-state index < -0.39 is 4.92 Å². The number of benzene rings is 1. The van der Waals surface area contributed by atoms with Gasteiger partial charge in [0, 0.05) is 12.6 Å². The Bertz CT molecular complexity index is 460. The number of carbonyl (C=O) groups is 1. The molecule has 6 nitrogen and oxygen atoms in total. The minimum absolute atomic E-state index is 0.112. The summed E-state index contributed by atoms with van der Waals surface area (Å²) < 4.78 is 5.19. The van der Waals surface area contributed by atoms with Gasteiger partial charge in [0.1, 0.15) is 0 Å². The fourth-order valence-corrected chi connectivity index (χ4v) is 1.49. The number of nitro benzene ring substituents is 1. The topological polar surface area (TPSA) is 81.5 Å². The molecule has 0 saturated carbocycles. The summed E-state index contributed by atoms with van der Waals surface area (Å²) >= 11 is 0. The van der Waals surface area contributed by atoms with Crippen LogP contribution in [0.15, 0.2) is 18.2 Å². The number of nitro groups is 1. The molecule has 0 aromatic heterocycles. The largest absolute Gasteiger partial charge is 0.477 e.